The van der Waals surface area contributed by atoms with Crippen LogP contribution in [0.1, 0.15) is 5.56 Å². The molecule has 6 heteroatoms. The smallest absolute Gasteiger partial charge is 0.172 e. The molecule has 2 rings (SSSR count). The third-order valence-electron chi connectivity index (χ3n) is 2.03. The van der Waals surface area contributed by atoms with Gasteiger partial charge in [-0.05, 0) is 12.1 Å². The van der Waals surface area contributed by atoms with Crippen LogP contribution in [-0.2, 0) is 0 Å². The molecule has 5 nitrogen and oxygen atoms in total. The first-order chi connectivity index (χ1) is 7.72. The minimum atomic E-state index is -0.423. The number of rotatable bonds is 2. The van der Waals surface area contributed by atoms with E-state index in [1.165, 1.54) is 6.07 Å². The molecule has 0 atom stereocenters. The lowest BCUT2D eigenvalue weighted by atomic mass is 10.3. The van der Waals surface area contributed by atoms with Crippen LogP contribution < -0.4 is 11.1 Å². The number of halogens is 1. The number of nitrogens with zero attached hydrogens (tertiary/aromatic N) is 2. The Bertz CT molecular complexity index is 555. The van der Waals surface area contributed by atoms with Crippen molar-refractivity contribution in [3.63, 3.8) is 0 Å². The molecule has 0 aliphatic rings. The number of para-hydroxylation sites is 1. The van der Waals surface area contributed by atoms with Crippen LogP contribution in [0, 0.1) is 17.1 Å². The quantitative estimate of drug-likeness (QED) is 0.714. The summed E-state index contributed by atoms with van der Waals surface area (Å²) in [6.45, 7) is 0. The molecule has 2 aromatic rings. The van der Waals surface area contributed by atoms with Gasteiger partial charge >= 0.3 is 0 Å². The van der Waals surface area contributed by atoms with Gasteiger partial charge < -0.3 is 11.1 Å². The second-order valence-electron chi connectivity index (χ2n) is 3.08. The lowest BCUT2D eigenvalue weighted by Gasteiger charge is -2.03. The predicted molar refractivity (Wildman–Crippen MR) is 57.4 cm³/mol. The molecular weight excluding hydrogens is 209 g/mol. The van der Waals surface area contributed by atoms with Gasteiger partial charge in [-0.25, -0.2) is 4.39 Å². The van der Waals surface area contributed by atoms with E-state index in [9.17, 15) is 4.39 Å². The molecule has 0 saturated carbocycles. The lowest BCUT2D eigenvalue weighted by Crippen LogP contribution is -1.96. The minimum absolute atomic E-state index is 0.154. The Balaban J connectivity index is 2.35. The highest BCUT2D eigenvalue weighted by atomic mass is 19.1. The first kappa shape index (κ1) is 9.98. The molecule has 80 valence electrons. The number of nitriles is 1. The largest absolute Gasteiger partial charge is 0.383 e. The van der Waals surface area contributed by atoms with Crippen molar-refractivity contribution in [3.05, 3.63) is 35.6 Å². The maximum absolute atomic E-state index is 13.3. The number of nitrogens with two attached hydrogens (primary N) is 1. The van der Waals surface area contributed by atoms with Crippen LogP contribution in [0.2, 0.25) is 0 Å². The second-order valence-corrected chi connectivity index (χ2v) is 3.08. The van der Waals surface area contributed by atoms with Crippen LogP contribution in [0.4, 0.5) is 21.7 Å². The van der Waals surface area contributed by atoms with E-state index in [1.54, 1.807) is 18.2 Å². The van der Waals surface area contributed by atoms with E-state index in [1.807, 2.05) is 6.07 Å². The van der Waals surface area contributed by atoms with E-state index in [0.29, 0.717) is 0 Å². The van der Waals surface area contributed by atoms with E-state index < -0.39 is 5.82 Å². The molecule has 1 aromatic heterocycles. The van der Waals surface area contributed by atoms with Crippen molar-refractivity contribution in [2.24, 2.45) is 0 Å². The maximum atomic E-state index is 13.3. The molecule has 0 aliphatic heterocycles. The van der Waals surface area contributed by atoms with E-state index in [-0.39, 0.29) is 22.9 Å². The normalized spacial score (nSPS) is 9.75. The first-order valence-corrected chi connectivity index (χ1v) is 4.48. The van der Waals surface area contributed by atoms with E-state index >= 15 is 0 Å². The average Bonchev–Trinajstić information content (AvgIpc) is 2.63. The molecule has 4 N–H and O–H groups in total. The summed E-state index contributed by atoms with van der Waals surface area (Å²) < 4.78 is 13.3. The van der Waals surface area contributed by atoms with Gasteiger partial charge in [0.1, 0.15) is 23.3 Å². The van der Waals surface area contributed by atoms with Crippen molar-refractivity contribution in [1.29, 1.82) is 5.26 Å². The van der Waals surface area contributed by atoms with Crippen LogP contribution in [0.25, 0.3) is 0 Å². The molecule has 1 aromatic carbocycles. The summed E-state index contributed by atoms with van der Waals surface area (Å²) in [5.74, 6) is -0.0561. The number of benzene rings is 1. The summed E-state index contributed by atoms with van der Waals surface area (Å²) in [4.78, 5) is 0. The lowest BCUT2D eigenvalue weighted by molar-refractivity contribution is 0.632. The Morgan fingerprint density at radius 3 is 2.88 bits per heavy atom. The topological polar surface area (TPSA) is 90.5 Å². The van der Waals surface area contributed by atoms with E-state index in [0.717, 1.165) is 0 Å². The molecule has 0 radical (unpaired) electrons. The first-order valence-electron chi connectivity index (χ1n) is 4.48. The van der Waals surface area contributed by atoms with Crippen molar-refractivity contribution in [2.45, 2.75) is 0 Å². The third kappa shape index (κ3) is 1.66. The number of aromatic amines is 1. The van der Waals surface area contributed by atoms with Gasteiger partial charge in [-0.15, -0.1) is 0 Å². The van der Waals surface area contributed by atoms with Gasteiger partial charge in [0, 0.05) is 0 Å². The summed E-state index contributed by atoms with van der Waals surface area (Å²) in [5, 5.41) is 17.7. The highest BCUT2D eigenvalue weighted by Gasteiger charge is 2.11. The Morgan fingerprint density at radius 1 is 1.44 bits per heavy atom. The molecule has 0 unspecified atom stereocenters. The molecule has 0 bridgehead atoms. The van der Waals surface area contributed by atoms with Crippen LogP contribution in [-0.4, -0.2) is 10.2 Å². The number of anilines is 3. The van der Waals surface area contributed by atoms with Gasteiger partial charge in [0.05, 0.1) is 5.69 Å². The number of hydrogen-bond acceptors (Lipinski definition) is 4. The zero-order valence-corrected chi connectivity index (χ0v) is 8.16. The van der Waals surface area contributed by atoms with Gasteiger partial charge in [-0.3, -0.25) is 5.10 Å². The summed E-state index contributed by atoms with van der Waals surface area (Å²) in [6, 6.07) is 7.98. The Hall–Kier alpha value is -2.55. The van der Waals surface area contributed by atoms with Gasteiger partial charge in [0.2, 0.25) is 0 Å². The van der Waals surface area contributed by atoms with Crippen LogP contribution in [0.15, 0.2) is 24.3 Å². The fourth-order valence-electron chi connectivity index (χ4n) is 1.25. The molecule has 1 heterocycles. The minimum Gasteiger partial charge on any atom is -0.383 e. The van der Waals surface area contributed by atoms with Crippen LogP contribution in [0.5, 0.6) is 0 Å². The fraction of sp³-hybridized carbons (Fsp3) is 0. The highest BCUT2D eigenvalue weighted by Crippen LogP contribution is 2.23. The molecule has 0 saturated heterocycles. The van der Waals surface area contributed by atoms with E-state index in [4.69, 9.17) is 11.0 Å². The van der Waals surface area contributed by atoms with Crippen molar-refractivity contribution < 1.29 is 4.39 Å². The van der Waals surface area contributed by atoms with Gasteiger partial charge in [0.15, 0.2) is 5.82 Å². The zero-order chi connectivity index (χ0) is 11.5. The predicted octanol–water partition coefficient (Wildman–Crippen LogP) is 1.75. The molecule has 16 heavy (non-hydrogen) atoms. The number of H-pyrrole nitrogens is 1. The average molecular weight is 217 g/mol. The third-order valence-corrected chi connectivity index (χ3v) is 2.03. The molecule has 0 aliphatic carbocycles. The second kappa shape index (κ2) is 3.90. The standard InChI is InChI=1S/C10H8FN5/c11-7-3-1-2-4-8(7)14-10-6(5-12)9(13)15-16-10/h1-4H,(H4,13,14,15,16). The molecule has 0 spiro atoms. The summed E-state index contributed by atoms with van der Waals surface area (Å²) in [6.07, 6.45) is 0. The number of nitrogens with one attached hydrogen (secondary N) is 2. The number of nitrogen functional groups attached to an aromatic ring is 1. The number of aromatic nitrogens is 2. The van der Waals surface area contributed by atoms with Crippen LogP contribution in [0.3, 0.4) is 0 Å². The van der Waals surface area contributed by atoms with Crippen molar-refractivity contribution in [3.8, 4) is 6.07 Å². The molecular formula is C10H8FN5. The van der Waals surface area contributed by atoms with Gasteiger partial charge in [-0.1, -0.05) is 12.1 Å². The Morgan fingerprint density at radius 2 is 2.19 bits per heavy atom. The maximum Gasteiger partial charge on any atom is 0.172 e. The Kier molecular flexibility index (Phi) is 2.44. The van der Waals surface area contributed by atoms with Crippen molar-refractivity contribution >= 4 is 17.3 Å². The zero-order valence-electron chi connectivity index (χ0n) is 8.16. The molecule has 0 amide bonds. The monoisotopic (exact) mass is 217 g/mol. The van der Waals surface area contributed by atoms with Gasteiger partial charge in [0.25, 0.3) is 0 Å². The van der Waals surface area contributed by atoms with Crippen molar-refractivity contribution in [1.82, 2.24) is 10.2 Å². The highest BCUT2D eigenvalue weighted by molar-refractivity contribution is 5.68. The Labute approximate surface area is 90.7 Å². The summed E-state index contributed by atoms with van der Waals surface area (Å²) >= 11 is 0. The van der Waals surface area contributed by atoms with Gasteiger partial charge in [-0.2, -0.15) is 10.4 Å². The van der Waals surface area contributed by atoms with Crippen molar-refractivity contribution in [2.75, 3.05) is 11.1 Å². The van der Waals surface area contributed by atoms with Crippen LogP contribution >= 0.6 is 0 Å². The summed E-state index contributed by atoms with van der Waals surface area (Å²) in [7, 11) is 0. The number of hydrogen-bond donors (Lipinski definition) is 3. The van der Waals surface area contributed by atoms with E-state index in [2.05, 4.69) is 15.5 Å². The fourth-order valence-corrected chi connectivity index (χ4v) is 1.25. The summed E-state index contributed by atoms with van der Waals surface area (Å²) in [5.41, 5.74) is 5.88. The molecule has 0 fully saturated rings. The SMILES string of the molecule is N#Cc1c(Nc2ccccc2F)n[nH]c1N.